The van der Waals surface area contributed by atoms with Crippen molar-refractivity contribution in [2.75, 3.05) is 51.3 Å². The number of likely N-dealkylation sites (N-methyl/N-ethyl adjacent to an activating group) is 1. The fourth-order valence-corrected chi connectivity index (χ4v) is 6.15. The van der Waals surface area contributed by atoms with Crippen molar-refractivity contribution in [1.29, 1.82) is 0 Å². The summed E-state index contributed by atoms with van der Waals surface area (Å²) in [5.74, 6) is -1.04. The first-order valence-corrected chi connectivity index (χ1v) is 14.0. The second-order valence-electron chi connectivity index (χ2n) is 11.0. The van der Waals surface area contributed by atoms with E-state index in [1.165, 1.54) is 12.1 Å². The zero-order valence-corrected chi connectivity index (χ0v) is 23.0. The number of fused-ring (bicyclic) bond motifs is 1. The average molecular weight is 561 g/mol. The van der Waals surface area contributed by atoms with Crippen LogP contribution in [0.2, 0.25) is 0 Å². The molecule has 0 radical (unpaired) electrons. The molecule has 0 saturated carbocycles. The molecule has 41 heavy (non-hydrogen) atoms. The number of ether oxygens (including phenoxy) is 1. The molecule has 8 nitrogen and oxygen atoms in total. The number of primary amides is 1. The summed E-state index contributed by atoms with van der Waals surface area (Å²) in [5, 5.41) is 8.78. The van der Waals surface area contributed by atoms with Crippen molar-refractivity contribution in [3.8, 4) is 0 Å². The van der Waals surface area contributed by atoms with Gasteiger partial charge in [0.15, 0.2) is 5.82 Å². The molecule has 2 saturated heterocycles. The van der Waals surface area contributed by atoms with Crippen LogP contribution in [0.4, 0.5) is 20.3 Å². The fourth-order valence-electron chi connectivity index (χ4n) is 6.15. The molecule has 6 rings (SSSR count). The number of benzene rings is 3. The molecule has 2 unspecified atom stereocenters. The standard InChI is InChI=1S/C31H34F2N6O2/c1-37-9-11-38(12-10-37)29-19-41-13-8-28(29)39(27-5-3-2-4-24(27)30(34)40)31-25-17-20(6-7-26(25)35-36-31)14-21-15-22(32)18-23(33)16-21/h2-7,15-18,28-29H,8-14,19H2,1H3,(H2,34,40)(H,35,36). The van der Waals surface area contributed by atoms with E-state index in [2.05, 4.69) is 26.8 Å². The molecule has 0 bridgehead atoms. The number of anilines is 2. The monoisotopic (exact) mass is 560 g/mol. The third-order valence-corrected chi connectivity index (χ3v) is 8.22. The van der Waals surface area contributed by atoms with Crippen molar-refractivity contribution < 1.29 is 18.3 Å². The van der Waals surface area contributed by atoms with Gasteiger partial charge in [0.1, 0.15) is 11.6 Å². The van der Waals surface area contributed by atoms with Crippen LogP contribution in [0, 0.1) is 11.6 Å². The number of carbonyl (C=O) groups is 1. The quantitative estimate of drug-likeness (QED) is 0.354. The number of hydrogen-bond acceptors (Lipinski definition) is 6. The van der Waals surface area contributed by atoms with Crippen LogP contribution >= 0.6 is 0 Å². The maximum absolute atomic E-state index is 13.9. The molecule has 4 aromatic rings. The summed E-state index contributed by atoms with van der Waals surface area (Å²) in [7, 11) is 2.13. The molecule has 2 aliphatic rings. The smallest absolute Gasteiger partial charge is 0.250 e. The van der Waals surface area contributed by atoms with Crippen molar-refractivity contribution in [2.45, 2.75) is 24.9 Å². The topological polar surface area (TPSA) is 90.7 Å². The zero-order chi connectivity index (χ0) is 28.5. The van der Waals surface area contributed by atoms with Gasteiger partial charge in [0.25, 0.3) is 5.91 Å². The van der Waals surface area contributed by atoms with E-state index >= 15 is 0 Å². The predicted octanol–water partition coefficient (Wildman–Crippen LogP) is 4.07. The average Bonchev–Trinajstić information content (AvgIpc) is 3.36. The maximum Gasteiger partial charge on any atom is 0.250 e. The molecule has 0 aliphatic carbocycles. The summed E-state index contributed by atoms with van der Waals surface area (Å²) in [6, 6.07) is 16.8. The van der Waals surface area contributed by atoms with E-state index < -0.39 is 17.5 Å². The number of hydrogen-bond donors (Lipinski definition) is 2. The molecule has 214 valence electrons. The number of aromatic nitrogens is 2. The lowest BCUT2D eigenvalue weighted by molar-refractivity contribution is -0.00928. The number of nitrogens with zero attached hydrogens (tertiary/aromatic N) is 4. The summed E-state index contributed by atoms with van der Waals surface area (Å²) in [6.45, 7) is 4.93. The Hall–Kier alpha value is -3.86. The second-order valence-corrected chi connectivity index (χ2v) is 11.0. The van der Waals surface area contributed by atoms with Gasteiger partial charge in [-0.15, -0.1) is 0 Å². The van der Waals surface area contributed by atoms with Crippen LogP contribution in [-0.4, -0.2) is 84.4 Å². The van der Waals surface area contributed by atoms with Gasteiger partial charge in [-0.3, -0.25) is 14.8 Å². The van der Waals surface area contributed by atoms with E-state index in [9.17, 15) is 13.6 Å². The Labute approximate surface area is 237 Å². The lowest BCUT2D eigenvalue weighted by Gasteiger charge is -2.47. The van der Waals surface area contributed by atoms with E-state index in [1.54, 1.807) is 6.07 Å². The molecular formula is C31H34F2N6O2. The van der Waals surface area contributed by atoms with E-state index in [4.69, 9.17) is 15.6 Å². The minimum Gasteiger partial charge on any atom is -0.380 e. The molecule has 10 heteroatoms. The van der Waals surface area contributed by atoms with Crippen LogP contribution in [0.1, 0.15) is 27.9 Å². The molecule has 1 amide bonds. The SMILES string of the molecule is CN1CCN(C2COCCC2N(c2ccccc2C(N)=O)c2n[nH]c3ccc(Cc4cc(F)cc(F)c4)cc23)CC1. The van der Waals surface area contributed by atoms with Crippen molar-refractivity contribution in [3.05, 3.63) is 89.0 Å². The largest absolute Gasteiger partial charge is 0.380 e. The molecule has 3 N–H and O–H groups in total. The van der Waals surface area contributed by atoms with Gasteiger partial charge >= 0.3 is 0 Å². The minimum absolute atomic E-state index is 0.0415. The highest BCUT2D eigenvalue weighted by molar-refractivity contribution is 6.01. The van der Waals surface area contributed by atoms with Gasteiger partial charge in [-0.1, -0.05) is 18.2 Å². The van der Waals surface area contributed by atoms with Gasteiger partial charge in [0.2, 0.25) is 0 Å². The Balaban J connectivity index is 1.45. The predicted molar refractivity (Wildman–Crippen MR) is 154 cm³/mol. The number of halogens is 2. The number of carbonyl (C=O) groups excluding carboxylic acids is 1. The van der Waals surface area contributed by atoms with Gasteiger partial charge in [0.05, 0.1) is 35.5 Å². The number of amides is 1. The van der Waals surface area contributed by atoms with E-state index in [-0.39, 0.29) is 12.1 Å². The highest BCUT2D eigenvalue weighted by atomic mass is 19.1. The summed E-state index contributed by atoms with van der Waals surface area (Å²) in [5.41, 5.74) is 9.23. The highest BCUT2D eigenvalue weighted by Crippen LogP contribution is 2.38. The van der Waals surface area contributed by atoms with Crippen LogP contribution in [-0.2, 0) is 11.2 Å². The normalized spacial score (nSPS) is 20.4. The number of aromatic amines is 1. The first-order chi connectivity index (χ1) is 19.9. The molecule has 3 heterocycles. The molecule has 2 fully saturated rings. The van der Waals surface area contributed by atoms with Crippen LogP contribution in [0.25, 0.3) is 10.9 Å². The minimum atomic E-state index is -0.603. The van der Waals surface area contributed by atoms with E-state index in [0.717, 1.165) is 55.1 Å². The van der Waals surface area contributed by atoms with E-state index in [0.29, 0.717) is 42.3 Å². The van der Waals surface area contributed by atoms with Crippen LogP contribution in [0.15, 0.2) is 60.7 Å². The lowest BCUT2D eigenvalue weighted by atomic mass is 9.96. The third-order valence-electron chi connectivity index (χ3n) is 8.22. The summed E-state index contributed by atoms with van der Waals surface area (Å²) >= 11 is 0. The van der Waals surface area contributed by atoms with Gasteiger partial charge in [-0.05, 0) is 67.4 Å². The van der Waals surface area contributed by atoms with Crippen LogP contribution in [0.3, 0.4) is 0 Å². The summed E-state index contributed by atoms with van der Waals surface area (Å²) < 4.78 is 33.8. The first-order valence-electron chi connectivity index (χ1n) is 14.0. The number of para-hydroxylation sites is 1. The second kappa shape index (κ2) is 11.6. The number of rotatable bonds is 7. The van der Waals surface area contributed by atoms with Gasteiger partial charge < -0.3 is 20.3 Å². The molecule has 3 aromatic carbocycles. The Morgan fingerprint density at radius 1 is 1.05 bits per heavy atom. The highest BCUT2D eigenvalue weighted by Gasteiger charge is 2.39. The van der Waals surface area contributed by atoms with Gasteiger partial charge in [-0.25, -0.2) is 8.78 Å². The number of H-pyrrole nitrogens is 1. The van der Waals surface area contributed by atoms with Crippen molar-refractivity contribution in [1.82, 2.24) is 20.0 Å². The number of piperazine rings is 1. The first kappa shape index (κ1) is 27.3. The molecule has 2 atom stereocenters. The maximum atomic E-state index is 13.9. The summed E-state index contributed by atoms with van der Waals surface area (Å²) in [6.07, 6.45) is 1.09. The van der Waals surface area contributed by atoms with Gasteiger partial charge in [0, 0.05) is 44.2 Å². The molecule has 2 aliphatic heterocycles. The van der Waals surface area contributed by atoms with Crippen LogP contribution in [0.5, 0.6) is 0 Å². The van der Waals surface area contributed by atoms with Crippen molar-refractivity contribution in [2.24, 2.45) is 5.73 Å². The Kier molecular flexibility index (Phi) is 7.70. The lowest BCUT2D eigenvalue weighted by Crippen LogP contribution is -2.60. The van der Waals surface area contributed by atoms with Crippen molar-refractivity contribution in [3.63, 3.8) is 0 Å². The Bertz CT molecular complexity index is 1530. The summed E-state index contributed by atoms with van der Waals surface area (Å²) in [4.78, 5) is 19.6. The molecule has 0 spiro atoms. The van der Waals surface area contributed by atoms with Crippen LogP contribution < -0.4 is 10.6 Å². The zero-order valence-electron chi connectivity index (χ0n) is 23.0. The van der Waals surface area contributed by atoms with Gasteiger partial charge in [-0.2, -0.15) is 5.10 Å². The Morgan fingerprint density at radius 2 is 1.80 bits per heavy atom. The fraction of sp³-hybridized carbons (Fsp3) is 0.355. The van der Waals surface area contributed by atoms with Crippen molar-refractivity contribution >= 4 is 28.3 Å². The van der Waals surface area contributed by atoms with E-state index in [1.807, 2.05) is 36.4 Å². The number of nitrogens with two attached hydrogens (primary N) is 1. The Morgan fingerprint density at radius 3 is 2.56 bits per heavy atom. The molecular weight excluding hydrogens is 526 g/mol. The molecule has 1 aromatic heterocycles. The number of nitrogens with one attached hydrogen (secondary N) is 1. The third kappa shape index (κ3) is 5.68.